The molecule has 0 aromatic carbocycles. The molecule has 2 aliphatic heterocycles. The van der Waals surface area contributed by atoms with Crippen LogP contribution >= 0.6 is 34.4 Å². The maximum atomic E-state index is 12.6. The van der Waals surface area contributed by atoms with Gasteiger partial charge in [0.1, 0.15) is 36.3 Å². The summed E-state index contributed by atoms with van der Waals surface area (Å²) in [6.07, 6.45) is 5.14. The number of carbonyl (C=O) groups is 2. The molecule has 2 saturated heterocycles. The maximum absolute atomic E-state index is 12.6. The molecule has 12 nitrogen and oxygen atoms in total. The average Bonchev–Trinajstić information content (AvgIpc) is 3.78. The second-order valence-corrected chi connectivity index (χ2v) is 13.1. The third-order valence-corrected chi connectivity index (χ3v) is 9.64. The van der Waals surface area contributed by atoms with Crippen LogP contribution in [0.15, 0.2) is 61.4 Å². The first-order chi connectivity index (χ1) is 20.7. The lowest BCUT2D eigenvalue weighted by Gasteiger charge is -2.23. The molecule has 0 bridgehead atoms. The first kappa shape index (κ1) is 32.2. The minimum atomic E-state index is -0.235. The van der Waals surface area contributed by atoms with Gasteiger partial charge in [-0.25, -0.2) is 0 Å². The Bertz CT molecular complexity index is 1320. The number of hydrogen-bond donors (Lipinski definition) is 2. The number of nitrogens with zero attached hydrogens (tertiary/aromatic N) is 6. The van der Waals surface area contributed by atoms with Gasteiger partial charge in [0.05, 0.1) is 12.1 Å². The van der Waals surface area contributed by atoms with Crippen molar-refractivity contribution in [2.24, 2.45) is 0 Å². The van der Waals surface area contributed by atoms with E-state index < -0.39 is 0 Å². The number of aromatic nitrogens is 4. The van der Waals surface area contributed by atoms with E-state index in [1.165, 1.54) is 22.7 Å². The Labute approximate surface area is 263 Å². The van der Waals surface area contributed by atoms with Gasteiger partial charge in [-0.3, -0.25) is 20.2 Å². The second-order valence-electron chi connectivity index (χ2n) is 9.72. The standard InChI is InChI=1S/C28H36N8O4S3/c1-7-17(3)21-15-39-19(5)35(21)13-23(37)29-27-33-31-25(42-27)9-11-41-12-10-26-32-34-28(43-26)30-24(38)14-36-20(6)40-16-22(36)18(4)8-2/h7-8,21-22H,1,3,5-6,9-16H2,2,4H3,(H,29,33,37)(H,30,34,38)/b18-8+/t21?,22-/m1/s1. The quantitative estimate of drug-likeness (QED) is 0.166. The van der Waals surface area contributed by atoms with Gasteiger partial charge in [-0.2, -0.15) is 11.8 Å². The molecule has 0 aliphatic carbocycles. The molecular weight excluding hydrogens is 609 g/mol. The van der Waals surface area contributed by atoms with Crippen molar-refractivity contribution in [1.29, 1.82) is 0 Å². The Balaban J connectivity index is 1.13. The van der Waals surface area contributed by atoms with Crippen LogP contribution in [0, 0.1) is 0 Å². The van der Waals surface area contributed by atoms with Crippen LogP contribution in [0.2, 0.25) is 0 Å². The van der Waals surface area contributed by atoms with E-state index in [1.54, 1.807) is 22.7 Å². The van der Waals surface area contributed by atoms with Crippen molar-refractivity contribution in [2.45, 2.75) is 38.8 Å². The predicted molar refractivity (Wildman–Crippen MR) is 172 cm³/mol. The summed E-state index contributed by atoms with van der Waals surface area (Å²) in [7, 11) is 0. The molecular formula is C28H36N8O4S3. The molecule has 2 amide bonds. The van der Waals surface area contributed by atoms with E-state index >= 15 is 0 Å². The summed E-state index contributed by atoms with van der Waals surface area (Å²) in [5.41, 5.74) is 1.89. The topological polar surface area (TPSA) is 135 Å². The number of anilines is 2. The summed E-state index contributed by atoms with van der Waals surface area (Å²) >= 11 is 4.49. The van der Waals surface area contributed by atoms with Crippen LogP contribution in [0.25, 0.3) is 0 Å². The number of amides is 2. The molecule has 2 N–H and O–H groups in total. The molecule has 230 valence electrons. The molecule has 2 aromatic rings. The first-order valence-electron chi connectivity index (χ1n) is 13.6. The number of ether oxygens (including phenoxy) is 2. The zero-order valence-electron chi connectivity index (χ0n) is 24.3. The number of carbonyl (C=O) groups excluding carboxylic acids is 2. The highest BCUT2D eigenvalue weighted by molar-refractivity contribution is 7.99. The highest BCUT2D eigenvalue weighted by Crippen LogP contribution is 2.26. The van der Waals surface area contributed by atoms with Gasteiger partial charge in [-0.05, 0) is 44.1 Å². The van der Waals surface area contributed by atoms with E-state index in [4.69, 9.17) is 9.47 Å². The van der Waals surface area contributed by atoms with Gasteiger partial charge in [0.25, 0.3) is 0 Å². The number of allylic oxidation sites excluding steroid dienone is 1. The monoisotopic (exact) mass is 644 g/mol. The molecule has 0 spiro atoms. The largest absolute Gasteiger partial charge is 0.477 e. The molecule has 43 heavy (non-hydrogen) atoms. The molecule has 2 aromatic heterocycles. The van der Waals surface area contributed by atoms with Crippen molar-refractivity contribution in [3.63, 3.8) is 0 Å². The van der Waals surface area contributed by atoms with E-state index in [1.807, 2.05) is 24.8 Å². The molecule has 2 fully saturated rings. The van der Waals surface area contributed by atoms with E-state index in [-0.39, 0.29) is 37.0 Å². The van der Waals surface area contributed by atoms with Crippen LogP contribution in [0.5, 0.6) is 0 Å². The van der Waals surface area contributed by atoms with Crippen molar-refractivity contribution >= 4 is 56.5 Å². The summed E-state index contributed by atoms with van der Waals surface area (Å²) in [5, 5.41) is 24.9. The van der Waals surface area contributed by atoms with E-state index in [0.717, 1.165) is 45.5 Å². The Kier molecular flexibility index (Phi) is 11.4. The molecule has 2 atom stereocenters. The van der Waals surface area contributed by atoms with Crippen molar-refractivity contribution in [1.82, 2.24) is 30.2 Å². The molecule has 2 aliphatic rings. The molecule has 0 saturated carbocycles. The zero-order chi connectivity index (χ0) is 30.9. The Morgan fingerprint density at radius 2 is 1.42 bits per heavy atom. The lowest BCUT2D eigenvalue weighted by molar-refractivity contribution is -0.117. The molecule has 4 rings (SSSR count). The van der Waals surface area contributed by atoms with Gasteiger partial charge in [-0.15, -0.1) is 20.4 Å². The van der Waals surface area contributed by atoms with Crippen molar-refractivity contribution in [2.75, 3.05) is 48.4 Å². The van der Waals surface area contributed by atoms with Crippen LogP contribution in [-0.2, 0) is 31.9 Å². The number of hydrogen-bond acceptors (Lipinski definition) is 13. The molecule has 1 unspecified atom stereocenters. The third kappa shape index (κ3) is 8.67. The first-order valence-corrected chi connectivity index (χ1v) is 16.4. The van der Waals surface area contributed by atoms with Crippen molar-refractivity contribution < 1.29 is 19.1 Å². The fourth-order valence-electron chi connectivity index (χ4n) is 4.31. The Morgan fingerprint density at radius 1 is 0.930 bits per heavy atom. The van der Waals surface area contributed by atoms with Crippen LogP contribution in [0.3, 0.4) is 0 Å². The Morgan fingerprint density at radius 3 is 1.91 bits per heavy atom. The summed E-state index contributed by atoms with van der Waals surface area (Å²) in [4.78, 5) is 28.8. The fraction of sp³-hybridized carbons (Fsp3) is 0.429. The summed E-state index contributed by atoms with van der Waals surface area (Å²) in [5.74, 6) is 2.19. The minimum absolute atomic E-state index is 0.00345. The highest BCUT2D eigenvalue weighted by atomic mass is 32.2. The maximum Gasteiger partial charge on any atom is 0.245 e. The van der Waals surface area contributed by atoms with E-state index in [2.05, 4.69) is 57.3 Å². The highest BCUT2D eigenvalue weighted by Gasteiger charge is 2.32. The van der Waals surface area contributed by atoms with Crippen molar-refractivity contribution in [3.8, 4) is 0 Å². The van der Waals surface area contributed by atoms with E-state index in [9.17, 15) is 9.59 Å². The van der Waals surface area contributed by atoms with Crippen LogP contribution < -0.4 is 10.6 Å². The Hall–Kier alpha value is -3.69. The second kappa shape index (κ2) is 15.2. The van der Waals surface area contributed by atoms with Gasteiger partial charge < -0.3 is 19.3 Å². The molecule has 15 heteroatoms. The van der Waals surface area contributed by atoms with Gasteiger partial charge in [0, 0.05) is 12.8 Å². The third-order valence-electron chi connectivity index (χ3n) is 6.85. The van der Waals surface area contributed by atoms with Gasteiger partial charge in [0.2, 0.25) is 22.1 Å². The van der Waals surface area contributed by atoms with Crippen molar-refractivity contribution in [3.05, 3.63) is 71.4 Å². The number of aryl methyl sites for hydroxylation is 2. The minimum Gasteiger partial charge on any atom is -0.477 e. The zero-order valence-corrected chi connectivity index (χ0v) is 26.8. The van der Waals surface area contributed by atoms with E-state index in [0.29, 0.717) is 35.2 Å². The van der Waals surface area contributed by atoms with Gasteiger partial charge in [0.15, 0.2) is 11.8 Å². The number of rotatable bonds is 15. The van der Waals surface area contributed by atoms with Crippen LogP contribution in [0.4, 0.5) is 10.3 Å². The average molecular weight is 645 g/mol. The molecule has 0 radical (unpaired) electrons. The number of thioether (sulfide) groups is 1. The smallest absolute Gasteiger partial charge is 0.245 e. The summed E-state index contributed by atoms with van der Waals surface area (Å²) < 4.78 is 11.0. The summed E-state index contributed by atoms with van der Waals surface area (Å²) in [6, 6.07) is -0.163. The van der Waals surface area contributed by atoms with Gasteiger partial charge in [-0.1, -0.05) is 53.6 Å². The van der Waals surface area contributed by atoms with Gasteiger partial charge >= 0.3 is 0 Å². The number of nitrogens with one attached hydrogen (secondary N) is 2. The molecule has 4 heterocycles. The predicted octanol–water partition coefficient (Wildman–Crippen LogP) is 3.84. The lowest BCUT2D eigenvalue weighted by atomic mass is 10.1. The lowest BCUT2D eigenvalue weighted by Crippen LogP contribution is -2.37. The normalized spacial score (nSPS) is 18.4. The SMILES string of the molecule is C=CC(=C)C1COC(=C)N1CC(=O)Nc1nnc(CCSCCc2nnc(NC(=O)CN3C(=C)OC[C@@H]3/C(C)=C/C)s2)s1. The van der Waals surface area contributed by atoms with Crippen LogP contribution in [0.1, 0.15) is 23.9 Å². The fourth-order valence-corrected chi connectivity index (χ4v) is 6.96. The van der Waals surface area contributed by atoms with Crippen LogP contribution in [-0.4, -0.2) is 91.9 Å². The summed E-state index contributed by atoms with van der Waals surface area (Å²) in [6.45, 7) is 20.5.